The standard InChI is InChI=1S/C25H27N3O5/c1-25(2,3)26-33-23(30)21-13-19-18-11-7-8-12-20(18)28(16-29)22(19)14-27(21)24(31)32-15-17-9-5-4-6-10-17/h4-12,16,21,26H,13-15H2,1-3H3/q+1/p+1/t21-/m0/s1. The van der Waals surface area contributed by atoms with Crippen LogP contribution in [-0.4, -0.2) is 39.5 Å². The first-order valence-electron chi connectivity index (χ1n) is 10.9. The zero-order valence-electron chi connectivity index (χ0n) is 19.0. The second-order valence-corrected chi connectivity index (χ2v) is 9.23. The van der Waals surface area contributed by atoms with E-state index in [0.29, 0.717) is 5.69 Å². The van der Waals surface area contributed by atoms with Gasteiger partial charge in [-0.1, -0.05) is 58.8 Å². The van der Waals surface area contributed by atoms with Crippen LogP contribution < -0.4 is 5.48 Å². The van der Waals surface area contributed by atoms with Gasteiger partial charge < -0.3 is 4.74 Å². The first kappa shape index (κ1) is 22.5. The van der Waals surface area contributed by atoms with Crippen molar-refractivity contribution in [3.63, 3.8) is 0 Å². The lowest BCUT2D eigenvalue weighted by Gasteiger charge is -2.30. The van der Waals surface area contributed by atoms with E-state index in [4.69, 9.17) is 9.57 Å². The molecule has 0 spiro atoms. The lowest BCUT2D eigenvalue weighted by molar-refractivity contribution is -0.915. The Morgan fingerprint density at radius 2 is 1.85 bits per heavy atom. The molecule has 0 aliphatic carbocycles. The van der Waals surface area contributed by atoms with Crippen molar-refractivity contribution in [2.75, 3.05) is 0 Å². The lowest BCUT2D eigenvalue weighted by Crippen LogP contribution is -2.94. The molecule has 171 valence electrons. The van der Waals surface area contributed by atoms with Crippen LogP contribution in [0.1, 0.15) is 37.6 Å². The van der Waals surface area contributed by atoms with E-state index >= 15 is 0 Å². The van der Waals surface area contributed by atoms with Crippen LogP contribution in [0, 0.1) is 0 Å². The fraction of sp³-hybridized carbons (Fsp3) is 0.320. The highest BCUT2D eigenvalue weighted by Crippen LogP contribution is 2.33. The Morgan fingerprint density at radius 3 is 2.55 bits per heavy atom. The van der Waals surface area contributed by atoms with E-state index in [2.05, 4.69) is 0 Å². The summed E-state index contributed by atoms with van der Waals surface area (Å²) in [4.78, 5) is 44.9. The van der Waals surface area contributed by atoms with E-state index in [1.165, 1.54) is 14.9 Å². The van der Waals surface area contributed by atoms with E-state index < -0.39 is 18.1 Å². The lowest BCUT2D eigenvalue weighted by atomic mass is 9.97. The zero-order chi connectivity index (χ0) is 23.6. The van der Waals surface area contributed by atoms with Crippen LogP contribution in [0.15, 0.2) is 54.6 Å². The predicted molar refractivity (Wildman–Crippen MR) is 122 cm³/mol. The highest BCUT2D eigenvalue weighted by Gasteiger charge is 2.47. The quantitative estimate of drug-likeness (QED) is 0.366. The minimum Gasteiger partial charge on any atom is -0.445 e. The van der Waals surface area contributed by atoms with Gasteiger partial charge in [-0.2, -0.15) is 0 Å². The molecule has 0 bridgehead atoms. The van der Waals surface area contributed by atoms with Crippen molar-refractivity contribution in [2.45, 2.75) is 51.9 Å². The first-order chi connectivity index (χ1) is 15.8. The summed E-state index contributed by atoms with van der Waals surface area (Å²) in [5.74, 6) is -0.532. The van der Waals surface area contributed by atoms with Gasteiger partial charge in [-0.05, 0) is 38.0 Å². The number of hydroxylamine groups is 1. The number of para-hydroxylation sites is 1. The van der Waals surface area contributed by atoms with Crippen molar-refractivity contribution in [1.29, 1.82) is 0 Å². The highest BCUT2D eigenvalue weighted by atomic mass is 16.7. The molecule has 8 nitrogen and oxygen atoms in total. The molecule has 2 heterocycles. The monoisotopic (exact) mass is 450 g/mol. The van der Waals surface area contributed by atoms with Crippen LogP contribution in [0.5, 0.6) is 0 Å². The number of carbonyl (C=O) groups excluding carboxylic acids is 3. The van der Waals surface area contributed by atoms with Crippen LogP contribution in [-0.2, 0) is 38.7 Å². The molecular weight excluding hydrogens is 422 g/mol. The van der Waals surface area contributed by atoms with Crippen LogP contribution in [0.3, 0.4) is 0 Å². The van der Waals surface area contributed by atoms with Gasteiger partial charge in [-0.3, -0.25) is 14.3 Å². The van der Waals surface area contributed by atoms with Gasteiger partial charge in [0.15, 0.2) is 0 Å². The molecule has 1 atom stereocenters. The number of benzene rings is 2. The van der Waals surface area contributed by atoms with Gasteiger partial charge in [0.25, 0.3) is 0 Å². The second kappa shape index (κ2) is 9.07. The number of nitrogens with two attached hydrogens (primary N) is 1. The fourth-order valence-corrected chi connectivity index (χ4v) is 4.00. The van der Waals surface area contributed by atoms with Crippen molar-refractivity contribution < 1.29 is 29.4 Å². The molecule has 33 heavy (non-hydrogen) atoms. The Hall–Kier alpha value is -3.65. The van der Waals surface area contributed by atoms with Gasteiger partial charge in [0.1, 0.15) is 12.1 Å². The van der Waals surface area contributed by atoms with Gasteiger partial charge in [-0.15, -0.1) is 0 Å². The summed E-state index contributed by atoms with van der Waals surface area (Å²) >= 11 is 0. The Kier molecular flexibility index (Phi) is 6.20. The molecule has 0 saturated heterocycles. The second-order valence-electron chi connectivity index (χ2n) is 9.23. The van der Waals surface area contributed by atoms with Gasteiger partial charge >= 0.3 is 12.1 Å². The van der Waals surface area contributed by atoms with Crippen molar-refractivity contribution in [1.82, 2.24) is 9.47 Å². The topological polar surface area (TPSA) is 97.3 Å². The summed E-state index contributed by atoms with van der Waals surface area (Å²) in [5, 5.41) is 0.884. The summed E-state index contributed by atoms with van der Waals surface area (Å²) in [7, 11) is 0. The predicted octanol–water partition coefficient (Wildman–Crippen LogP) is 2.56. The largest absolute Gasteiger partial charge is 0.660 e. The van der Waals surface area contributed by atoms with E-state index in [-0.39, 0.29) is 25.1 Å². The molecule has 1 aromatic heterocycles. The summed E-state index contributed by atoms with van der Waals surface area (Å²) in [6.07, 6.45) is 0.333. The fourth-order valence-electron chi connectivity index (χ4n) is 4.00. The molecule has 2 N–H and O–H groups in total. The van der Waals surface area contributed by atoms with Crippen LogP contribution in [0.25, 0.3) is 10.9 Å². The van der Waals surface area contributed by atoms with Crippen molar-refractivity contribution in [3.05, 3.63) is 71.4 Å². The number of fused-ring (bicyclic) bond motifs is 3. The van der Waals surface area contributed by atoms with E-state index in [0.717, 1.165) is 28.4 Å². The maximum absolute atomic E-state index is 13.1. The Balaban J connectivity index is 1.65. The molecule has 0 unspecified atom stereocenters. The molecule has 4 rings (SSSR count). The molecule has 3 aromatic rings. The number of hydrogen-bond acceptors (Lipinski definition) is 5. The van der Waals surface area contributed by atoms with Gasteiger partial charge in [0, 0.05) is 17.5 Å². The molecule has 0 fully saturated rings. The van der Waals surface area contributed by atoms with Gasteiger partial charge in [-0.25, -0.2) is 4.79 Å². The average molecular weight is 451 g/mol. The molecule has 8 heteroatoms. The normalized spacial score (nSPS) is 15.7. The van der Waals surface area contributed by atoms with E-state index in [1.54, 1.807) is 0 Å². The number of carbonyl (C=O) groups is 3. The Bertz CT molecular complexity index is 1180. The number of aromatic nitrogens is 1. The minimum atomic E-state index is -0.870. The molecule has 1 aliphatic heterocycles. The molecule has 1 aliphatic rings. The van der Waals surface area contributed by atoms with Crippen molar-refractivity contribution in [2.24, 2.45) is 0 Å². The summed E-state index contributed by atoms with van der Waals surface area (Å²) in [6.45, 7) is 5.90. The van der Waals surface area contributed by atoms with E-state index in [1.807, 2.05) is 75.4 Å². The third-order valence-electron chi connectivity index (χ3n) is 5.57. The van der Waals surface area contributed by atoms with Crippen LogP contribution in [0.2, 0.25) is 0 Å². The van der Waals surface area contributed by atoms with Crippen LogP contribution >= 0.6 is 0 Å². The average Bonchev–Trinajstić information content (AvgIpc) is 3.13. The smallest absolute Gasteiger partial charge is 0.445 e. The minimum absolute atomic E-state index is 0.0612. The molecule has 2 aromatic carbocycles. The van der Waals surface area contributed by atoms with Gasteiger partial charge in [0.2, 0.25) is 12.5 Å². The maximum atomic E-state index is 13.1. The molecular formula is C25H28N3O5+2. The summed E-state index contributed by atoms with van der Waals surface area (Å²) in [5.41, 5.74) is 4.26. The number of nitrogens with zero attached hydrogens (tertiary/aromatic N) is 2. The number of hydrogen-bond donors (Lipinski definition) is 1. The Morgan fingerprint density at radius 1 is 1.15 bits per heavy atom. The highest BCUT2D eigenvalue weighted by molar-refractivity contribution is 5.92. The third-order valence-corrected chi connectivity index (χ3v) is 5.57. The third kappa shape index (κ3) is 4.75. The number of rotatable bonds is 5. The SMILES string of the molecule is CC(C)(C)[NH2+]OC(=[O+])[C@@H]1Cc2c(n(C=O)c3ccccc23)CN1C(=O)OCc1ccccc1. The number of quaternary nitrogens is 1. The summed E-state index contributed by atoms with van der Waals surface area (Å²) in [6, 6.07) is 16.0. The molecule has 1 radical (unpaired) electrons. The number of ether oxygens (including phenoxy) is 1. The zero-order valence-corrected chi connectivity index (χ0v) is 19.0. The first-order valence-corrected chi connectivity index (χ1v) is 10.9. The Labute approximate surface area is 192 Å². The number of amides is 1. The molecule has 0 saturated carbocycles. The van der Waals surface area contributed by atoms with Crippen molar-refractivity contribution in [3.8, 4) is 0 Å². The van der Waals surface area contributed by atoms with Gasteiger partial charge in [0.05, 0.1) is 16.9 Å². The van der Waals surface area contributed by atoms with Crippen LogP contribution in [0.4, 0.5) is 4.79 Å². The van der Waals surface area contributed by atoms with Crippen molar-refractivity contribution >= 4 is 29.4 Å². The molecule has 1 amide bonds. The summed E-state index contributed by atoms with van der Waals surface area (Å²) < 4.78 is 7.06. The van der Waals surface area contributed by atoms with E-state index in [9.17, 15) is 14.4 Å². The maximum Gasteiger partial charge on any atom is 0.660 e.